The van der Waals surface area contributed by atoms with Gasteiger partial charge in [-0.1, -0.05) is 0 Å². The molecule has 1 saturated heterocycles. The van der Waals surface area contributed by atoms with E-state index in [0.717, 1.165) is 0 Å². The largest absolute Gasteiger partial charge is 0.384 e. The lowest BCUT2D eigenvalue weighted by molar-refractivity contribution is 0.0673. The number of carbonyl (C=O) groups excluding carboxylic acids is 1. The van der Waals surface area contributed by atoms with Gasteiger partial charge in [-0.2, -0.15) is 0 Å². The van der Waals surface area contributed by atoms with E-state index in [1.807, 2.05) is 13.8 Å². The number of hydrogen-bond donors (Lipinski definition) is 1. The summed E-state index contributed by atoms with van der Waals surface area (Å²) in [6.07, 6.45) is 0. The van der Waals surface area contributed by atoms with Gasteiger partial charge in [-0.3, -0.25) is 4.79 Å². The van der Waals surface area contributed by atoms with E-state index < -0.39 is 9.84 Å². The van der Waals surface area contributed by atoms with E-state index >= 15 is 0 Å². The summed E-state index contributed by atoms with van der Waals surface area (Å²) in [6, 6.07) is 6.65. The van der Waals surface area contributed by atoms with Crippen molar-refractivity contribution in [2.75, 3.05) is 32.6 Å². The molecule has 6 nitrogen and oxygen atoms in total. The van der Waals surface area contributed by atoms with Crippen LogP contribution in [0.25, 0.3) is 0 Å². The van der Waals surface area contributed by atoms with E-state index in [0.29, 0.717) is 18.7 Å². The molecule has 7 heteroatoms. The second kappa shape index (κ2) is 7.42. The third-order valence-electron chi connectivity index (χ3n) is 3.86. The molecule has 0 aliphatic carbocycles. The van der Waals surface area contributed by atoms with Crippen LogP contribution in [0.2, 0.25) is 0 Å². The zero-order chi connectivity index (χ0) is 17.0. The number of rotatable bonds is 5. The number of carbonyl (C=O) groups is 1. The van der Waals surface area contributed by atoms with Crippen LogP contribution in [0.1, 0.15) is 24.2 Å². The van der Waals surface area contributed by atoms with Crippen molar-refractivity contribution >= 4 is 15.7 Å². The van der Waals surface area contributed by atoms with Gasteiger partial charge >= 0.3 is 0 Å². The second-order valence-electron chi connectivity index (χ2n) is 6.01. The van der Waals surface area contributed by atoms with Crippen LogP contribution in [0.3, 0.4) is 0 Å². The van der Waals surface area contributed by atoms with Gasteiger partial charge in [-0.15, -0.1) is 0 Å². The molecule has 0 spiro atoms. The topological polar surface area (TPSA) is 75.7 Å². The molecule has 1 amide bonds. The molecule has 0 saturated carbocycles. The maximum Gasteiger partial charge on any atom is 0.253 e. The first-order valence-electron chi connectivity index (χ1n) is 7.70. The Bertz CT molecular complexity index is 633. The first kappa shape index (κ1) is 17.9. The molecule has 23 heavy (non-hydrogen) atoms. The van der Waals surface area contributed by atoms with Crippen LogP contribution in [0.5, 0.6) is 0 Å². The molecule has 1 aliphatic heterocycles. The maximum absolute atomic E-state index is 12.6. The fourth-order valence-electron chi connectivity index (χ4n) is 2.79. The summed E-state index contributed by atoms with van der Waals surface area (Å²) in [5.41, 5.74) is 0.511. The highest BCUT2D eigenvalue weighted by atomic mass is 32.2. The van der Waals surface area contributed by atoms with Crippen LogP contribution in [0.15, 0.2) is 29.2 Å². The van der Waals surface area contributed by atoms with Gasteiger partial charge < -0.3 is 15.0 Å². The van der Waals surface area contributed by atoms with Gasteiger partial charge in [0.1, 0.15) is 0 Å². The number of ether oxygens (including phenoxy) is 1. The van der Waals surface area contributed by atoms with E-state index in [-0.39, 0.29) is 35.2 Å². The Morgan fingerprint density at radius 2 is 1.78 bits per heavy atom. The van der Waals surface area contributed by atoms with Crippen molar-refractivity contribution in [3.05, 3.63) is 29.8 Å². The number of piperazine rings is 1. The Kier molecular flexibility index (Phi) is 5.78. The zero-order valence-corrected chi connectivity index (χ0v) is 14.6. The summed E-state index contributed by atoms with van der Waals surface area (Å²) in [5.74, 6) is -0.130. The molecule has 2 atom stereocenters. The molecule has 0 bridgehead atoms. The first-order chi connectivity index (χ1) is 10.8. The van der Waals surface area contributed by atoms with Crippen LogP contribution in [-0.2, 0) is 14.6 Å². The number of sulfone groups is 1. The predicted molar refractivity (Wildman–Crippen MR) is 88.3 cm³/mol. The molecule has 1 heterocycles. The number of amides is 1. The quantitative estimate of drug-likeness (QED) is 0.863. The average Bonchev–Trinajstić information content (AvgIpc) is 2.51. The van der Waals surface area contributed by atoms with Crippen molar-refractivity contribution in [3.63, 3.8) is 0 Å². The highest BCUT2D eigenvalue weighted by Gasteiger charge is 2.25. The van der Waals surface area contributed by atoms with Gasteiger partial charge in [0.25, 0.3) is 5.91 Å². The Hall–Kier alpha value is -1.44. The zero-order valence-electron chi connectivity index (χ0n) is 13.8. The molecule has 0 aromatic heterocycles. The molecule has 1 aliphatic rings. The van der Waals surface area contributed by atoms with Crippen molar-refractivity contribution < 1.29 is 17.9 Å². The monoisotopic (exact) mass is 340 g/mol. The van der Waals surface area contributed by atoms with Crippen molar-refractivity contribution in [3.8, 4) is 0 Å². The Morgan fingerprint density at radius 1 is 1.22 bits per heavy atom. The third-order valence-corrected chi connectivity index (χ3v) is 5.56. The van der Waals surface area contributed by atoms with Crippen LogP contribution in [0, 0.1) is 0 Å². The van der Waals surface area contributed by atoms with E-state index in [1.165, 1.54) is 19.2 Å². The van der Waals surface area contributed by atoms with Gasteiger partial charge in [-0.05, 0) is 38.1 Å². The maximum atomic E-state index is 12.6. The summed E-state index contributed by atoms with van der Waals surface area (Å²) in [6.45, 7) is 5.54. The van der Waals surface area contributed by atoms with Gasteiger partial charge in [0, 0.05) is 37.8 Å². The van der Waals surface area contributed by atoms with Gasteiger partial charge in [-0.25, -0.2) is 8.42 Å². The van der Waals surface area contributed by atoms with Crippen molar-refractivity contribution in [1.29, 1.82) is 0 Å². The summed E-state index contributed by atoms with van der Waals surface area (Å²) < 4.78 is 29.0. The molecule has 128 valence electrons. The minimum absolute atomic E-state index is 0.0639. The SMILES string of the molecule is COCCS(=O)(=O)c1ccc(C(=O)N2C[C@@H](C)N[C@H](C)C2)cc1. The fourth-order valence-corrected chi connectivity index (χ4v) is 3.96. The highest BCUT2D eigenvalue weighted by Crippen LogP contribution is 2.15. The standard InChI is InChI=1S/C16H24N2O4S/c1-12-10-18(11-13(2)17-12)16(19)14-4-6-15(7-5-14)23(20,21)9-8-22-3/h4-7,12-13,17H,8-11H2,1-3H3/t12-,13-/m1/s1. The molecular formula is C16H24N2O4S. The van der Waals surface area contributed by atoms with Crippen LogP contribution in [-0.4, -0.2) is 63.9 Å². The average molecular weight is 340 g/mol. The molecule has 1 N–H and O–H groups in total. The van der Waals surface area contributed by atoms with Crippen molar-refractivity contribution in [1.82, 2.24) is 10.2 Å². The Balaban J connectivity index is 2.11. The van der Waals surface area contributed by atoms with E-state index in [2.05, 4.69) is 5.32 Å². The van der Waals surface area contributed by atoms with Gasteiger partial charge in [0.2, 0.25) is 0 Å². The number of nitrogens with zero attached hydrogens (tertiary/aromatic N) is 1. The van der Waals surface area contributed by atoms with Crippen molar-refractivity contribution in [2.24, 2.45) is 0 Å². The summed E-state index contributed by atoms with van der Waals surface area (Å²) in [5, 5.41) is 3.38. The number of benzene rings is 1. The lowest BCUT2D eigenvalue weighted by atomic mass is 10.1. The normalized spacial score (nSPS) is 22.1. The minimum Gasteiger partial charge on any atom is -0.384 e. The number of hydrogen-bond acceptors (Lipinski definition) is 5. The van der Waals surface area contributed by atoms with Crippen LogP contribution >= 0.6 is 0 Å². The minimum atomic E-state index is -3.37. The number of methoxy groups -OCH3 is 1. The molecule has 1 aromatic rings. The van der Waals surface area contributed by atoms with E-state index in [4.69, 9.17) is 4.74 Å². The van der Waals surface area contributed by atoms with Gasteiger partial charge in [0.05, 0.1) is 17.3 Å². The van der Waals surface area contributed by atoms with E-state index in [1.54, 1.807) is 17.0 Å². The van der Waals surface area contributed by atoms with Gasteiger partial charge in [0.15, 0.2) is 9.84 Å². The summed E-state index contributed by atoms with van der Waals surface area (Å²) >= 11 is 0. The fraction of sp³-hybridized carbons (Fsp3) is 0.562. The molecule has 0 radical (unpaired) electrons. The second-order valence-corrected chi connectivity index (χ2v) is 8.12. The van der Waals surface area contributed by atoms with Crippen LogP contribution < -0.4 is 5.32 Å². The van der Waals surface area contributed by atoms with E-state index in [9.17, 15) is 13.2 Å². The Labute approximate surface area is 137 Å². The van der Waals surface area contributed by atoms with Crippen molar-refractivity contribution in [2.45, 2.75) is 30.8 Å². The smallest absolute Gasteiger partial charge is 0.253 e. The summed E-state index contributed by atoms with van der Waals surface area (Å²) in [7, 11) is -1.90. The highest BCUT2D eigenvalue weighted by molar-refractivity contribution is 7.91. The first-order valence-corrected chi connectivity index (χ1v) is 9.36. The summed E-state index contributed by atoms with van der Waals surface area (Å²) in [4.78, 5) is 14.6. The molecular weight excluding hydrogens is 316 g/mol. The third kappa shape index (κ3) is 4.53. The molecule has 0 unspecified atom stereocenters. The predicted octanol–water partition coefficient (Wildman–Crippen LogP) is 0.929. The molecule has 2 rings (SSSR count). The number of nitrogens with one attached hydrogen (secondary N) is 1. The molecule has 1 fully saturated rings. The lowest BCUT2D eigenvalue weighted by Gasteiger charge is -2.36. The van der Waals surface area contributed by atoms with Crippen LogP contribution in [0.4, 0.5) is 0 Å². The molecule has 1 aromatic carbocycles. The Morgan fingerprint density at radius 3 is 2.30 bits per heavy atom. The lowest BCUT2D eigenvalue weighted by Crippen LogP contribution is -2.55.